The van der Waals surface area contributed by atoms with Crippen LogP contribution in [0.2, 0.25) is 0 Å². The molecule has 0 aromatic heterocycles. The van der Waals surface area contributed by atoms with Gasteiger partial charge >= 0.3 is 0 Å². The zero-order chi connectivity index (χ0) is 3.70. The minimum Gasteiger partial charge on any atom is -0.282 e. The summed E-state index contributed by atoms with van der Waals surface area (Å²) in [6.07, 6.45) is 2.50. The molecular formula is C3H6NO. The van der Waals surface area contributed by atoms with Crippen molar-refractivity contribution in [1.82, 2.24) is 5.90 Å². The van der Waals surface area contributed by atoms with Crippen LogP contribution >= 0.6 is 0 Å². The van der Waals surface area contributed by atoms with Crippen LogP contribution in [-0.4, -0.2) is 6.10 Å². The second kappa shape index (κ2) is 0.954. The van der Waals surface area contributed by atoms with Gasteiger partial charge in [-0.2, -0.15) is 0 Å². The van der Waals surface area contributed by atoms with Crippen molar-refractivity contribution in [1.29, 1.82) is 0 Å². The average molecular weight is 72.1 g/mol. The Morgan fingerprint density at radius 3 is 2.20 bits per heavy atom. The van der Waals surface area contributed by atoms with Crippen LogP contribution in [0, 0.1) is 0 Å². The molecule has 0 unspecified atom stereocenters. The molecule has 29 valence electrons. The summed E-state index contributed by atoms with van der Waals surface area (Å²) in [5, 5.41) is 0. The smallest absolute Gasteiger partial charge is 0.0809 e. The Labute approximate surface area is 30.9 Å². The molecule has 1 saturated carbocycles. The molecule has 5 heavy (non-hydrogen) atoms. The minimum atomic E-state index is 0.301. The maximum Gasteiger partial charge on any atom is 0.0809 e. The molecular weight excluding hydrogens is 66.0 g/mol. The van der Waals surface area contributed by atoms with Gasteiger partial charge in [-0.3, -0.25) is 4.84 Å². The van der Waals surface area contributed by atoms with Crippen LogP contribution in [0.4, 0.5) is 0 Å². The fourth-order valence-electron chi connectivity index (χ4n) is 0.186. The maximum absolute atomic E-state index is 6.22. The summed E-state index contributed by atoms with van der Waals surface area (Å²) < 4.78 is 0. The van der Waals surface area contributed by atoms with Gasteiger partial charge in [-0.25, -0.2) is 0 Å². The predicted molar refractivity (Wildman–Crippen MR) is 17.2 cm³/mol. The summed E-state index contributed by atoms with van der Waals surface area (Å²) in [5.41, 5.74) is 0. The highest BCUT2D eigenvalue weighted by Crippen LogP contribution is 2.21. The Hall–Kier alpha value is -0.0800. The molecule has 2 heteroatoms. The van der Waals surface area contributed by atoms with Gasteiger partial charge in [-0.05, 0) is 12.8 Å². The SMILES string of the molecule is [NH]OC1CC1. The van der Waals surface area contributed by atoms with Gasteiger partial charge in [0, 0.05) is 0 Å². The van der Waals surface area contributed by atoms with Crippen molar-refractivity contribution in [3.8, 4) is 0 Å². The molecule has 0 amide bonds. The standard InChI is InChI=1S/C3H6NO/c4-5-3-1-2-3/h3-4H,1-2H2. The Kier molecular flexibility index (Phi) is 0.596. The van der Waals surface area contributed by atoms with E-state index in [-0.39, 0.29) is 0 Å². The largest absolute Gasteiger partial charge is 0.282 e. The van der Waals surface area contributed by atoms with Gasteiger partial charge in [0.1, 0.15) is 0 Å². The van der Waals surface area contributed by atoms with Gasteiger partial charge in [0.25, 0.3) is 0 Å². The van der Waals surface area contributed by atoms with E-state index in [4.69, 9.17) is 5.90 Å². The normalized spacial score (nSPS) is 23.4. The van der Waals surface area contributed by atoms with Gasteiger partial charge in [-0.1, -0.05) is 0 Å². The first-order chi connectivity index (χ1) is 2.43. The third-order valence-corrected chi connectivity index (χ3v) is 0.691. The highest BCUT2D eigenvalue weighted by Gasteiger charge is 2.20. The van der Waals surface area contributed by atoms with E-state index in [0.29, 0.717) is 6.10 Å². The fourth-order valence-corrected chi connectivity index (χ4v) is 0.186. The summed E-state index contributed by atoms with van der Waals surface area (Å²) in [6, 6.07) is 0. The van der Waals surface area contributed by atoms with Gasteiger partial charge < -0.3 is 0 Å². The summed E-state index contributed by atoms with van der Waals surface area (Å²) in [5.74, 6) is 6.22. The quantitative estimate of drug-likeness (QED) is 0.412. The van der Waals surface area contributed by atoms with Crippen LogP contribution in [0.5, 0.6) is 0 Å². The number of hydrogen-bond donors (Lipinski definition) is 0. The van der Waals surface area contributed by atoms with E-state index in [1.54, 1.807) is 0 Å². The first-order valence-electron chi connectivity index (χ1n) is 1.76. The van der Waals surface area contributed by atoms with E-state index in [1.165, 1.54) is 0 Å². The zero-order valence-corrected chi connectivity index (χ0v) is 2.90. The summed E-state index contributed by atoms with van der Waals surface area (Å²) in [6.45, 7) is 0. The molecule has 0 atom stereocenters. The van der Waals surface area contributed by atoms with Crippen molar-refractivity contribution in [2.24, 2.45) is 0 Å². The van der Waals surface area contributed by atoms with Gasteiger partial charge in [0.15, 0.2) is 0 Å². The maximum atomic E-state index is 6.22. The molecule has 0 aromatic rings. The highest BCUT2D eigenvalue weighted by molar-refractivity contribution is 4.71. The molecule has 0 saturated heterocycles. The fraction of sp³-hybridized carbons (Fsp3) is 1.00. The summed E-state index contributed by atoms with van der Waals surface area (Å²) in [7, 11) is 0. The molecule has 0 bridgehead atoms. The van der Waals surface area contributed by atoms with Crippen LogP contribution in [-0.2, 0) is 4.84 Å². The third-order valence-electron chi connectivity index (χ3n) is 0.691. The van der Waals surface area contributed by atoms with Crippen molar-refractivity contribution in [2.45, 2.75) is 18.9 Å². The van der Waals surface area contributed by atoms with E-state index in [1.807, 2.05) is 0 Å². The van der Waals surface area contributed by atoms with E-state index < -0.39 is 0 Å². The summed E-state index contributed by atoms with van der Waals surface area (Å²) in [4.78, 5) is 4.11. The van der Waals surface area contributed by atoms with E-state index in [2.05, 4.69) is 4.84 Å². The monoisotopic (exact) mass is 72.0 g/mol. The van der Waals surface area contributed by atoms with Crippen LogP contribution in [0.25, 0.3) is 0 Å². The lowest BCUT2D eigenvalue weighted by atomic mass is 10.9. The summed E-state index contributed by atoms with van der Waals surface area (Å²) >= 11 is 0. The first-order valence-corrected chi connectivity index (χ1v) is 1.76. The van der Waals surface area contributed by atoms with E-state index >= 15 is 0 Å². The molecule has 0 spiro atoms. The molecule has 1 aliphatic carbocycles. The van der Waals surface area contributed by atoms with Crippen LogP contribution in [0.1, 0.15) is 12.8 Å². The van der Waals surface area contributed by atoms with Crippen LogP contribution in [0.15, 0.2) is 0 Å². The topological polar surface area (TPSA) is 33.0 Å². The lowest BCUT2D eigenvalue weighted by molar-refractivity contribution is 0.103. The van der Waals surface area contributed by atoms with Crippen molar-refractivity contribution in [2.75, 3.05) is 0 Å². The van der Waals surface area contributed by atoms with Crippen molar-refractivity contribution in [3.63, 3.8) is 0 Å². The third kappa shape index (κ3) is 0.597. The van der Waals surface area contributed by atoms with Crippen molar-refractivity contribution in [3.05, 3.63) is 0 Å². The zero-order valence-electron chi connectivity index (χ0n) is 2.90. The lowest BCUT2D eigenvalue weighted by Crippen LogP contribution is -1.84. The van der Waals surface area contributed by atoms with Gasteiger partial charge in [0.2, 0.25) is 0 Å². The second-order valence-corrected chi connectivity index (χ2v) is 1.32. The Morgan fingerprint density at radius 2 is 2.20 bits per heavy atom. The van der Waals surface area contributed by atoms with E-state index in [0.717, 1.165) is 12.8 Å². The number of hydrogen-bond acceptors (Lipinski definition) is 1. The minimum absolute atomic E-state index is 0.301. The Bertz CT molecular complexity index is 33.9. The lowest BCUT2D eigenvalue weighted by Gasteiger charge is -1.77. The van der Waals surface area contributed by atoms with Gasteiger partial charge in [0.05, 0.1) is 6.10 Å². The molecule has 0 aliphatic heterocycles. The highest BCUT2D eigenvalue weighted by atomic mass is 16.6. The molecule has 1 rings (SSSR count). The van der Waals surface area contributed by atoms with Gasteiger partial charge in [-0.15, -0.1) is 5.90 Å². The molecule has 1 fully saturated rings. The second-order valence-electron chi connectivity index (χ2n) is 1.32. The Balaban J connectivity index is 2.00. The molecule has 1 aliphatic rings. The molecule has 0 heterocycles. The number of rotatable bonds is 1. The van der Waals surface area contributed by atoms with E-state index in [9.17, 15) is 0 Å². The van der Waals surface area contributed by atoms with Crippen LogP contribution in [0.3, 0.4) is 0 Å². The van der Waals surface area contributed by atoms with Crippen LogP contribution < -0.4 is 5.90 Å². The van der Waals surface area contributed by atoms with Crippen molar-refractivity contribution < 1.29 is 4.84 Å². The predicted octanol–water partition coefficient (Wildman–Crippen LogP) is 0.363. The molecule has 0 aromatic carbocycles. The molecule has 1 radical (unpaired) electrons. The molecule has 1 N–H and O–H groups in total. The molecule has 2 nitrogen and oxygen atoms in total. The first kappa shape index (κ1) is 3.12. The van der Waals surface area contributed by atoms with Crippen molar-refractivity contribution >= 4 is 0 Å². The number of nitrogens with one attached hydrogen (secondary N) is 1. The Morgan fingerprint density at radius 1 is 1.60 bits per heavy atom. The average Bonchev–Trinajstić information content (AvgIpc) is 2.12.